The molecule has 1 aromatic heterocycles. The minimum absolute atomic E-state index is 0.428. The molecule has 0 radical (unpaired) electrons. The summed E-state index contributed by atoms with van der Waals surface area (Å²) in [6.07, 6.45) is -0.619. The number of aliphatic hydroxyl groups excluding tert-OH is 1. The molecule has 3 aromatic rings. The first-order chi connectivity index (χ1) is 11.1. The Labute approximate surface area is 143 Å². The van der Waals surface area contributed by atoms with E-state index in [-0.39, 0.29) is 0 Å². The molecule has 0 aliphatic rings. The van der Waals surface area contributed by atoms with E-state index in [1.165, 1.54) is 11.8 Å². The Hall–Kier alpha value is -1.82. The van der Waals surface area contributed by atoms with Crippen molar-refractivity contribution in [2.45, 2.75) is 18.3 Å². The van der Waals surface area contributed by atoms with Gasteiger partial charge in [0.1, 0.15) is 0 Å². The first-order valence-corrected chi connectivity index (χ1v) is 8.45. The average molecular weight is 347 g/mol. The first kappa shape index (κ1) is 16.1. The van der Waals surface area contributed by atoms with E-state index >= 15 is 0 Å². The van der Waals surface area contributed by atoms with Gasteiger partial charge in [-0.05, 0) is 36.2 Å². The zero-order valence-electron chi connectivity index (χ0n) is 12.4. The number of nitrogens with zero attached hydrogens (tertiary/aromatic N) is 2. The molecule has 4 nitrogen and oxygen atoms in total. The van der Waals surface area contributed by atoms with Crippen LogP contribution in [0.2, 0.25) is 5.02 Å². The van der Waals surface area contributed by atoms with Crippen LogP contribution in [-0.2, 0) is 0 Å². The molecule has 1 heterocycles. The Kier molecular flexibility index (Phi) is 5.00. The van der Waals surface area contributed by atoms with Crippen molar-refractivity contribution < 1.29 is 9.52 Å². The molecular formula is C17H15ClN2O2S. The van der Waals surface area contributed by atoms with E-state index in [2.05, 4.69) is 10.2 Å². The molecule has 1 N–H and O–H groups in total. The molecule has 0 saturated heterocycles. The van der Waals surface area contributed by atoms with Gasteiger partial charge in [-0.25, -0.2) is 0 Å². The van der Waals surface area contributed by atoms with Crippen LogP contribution >= 0.6 is 23.4 Å². The molecule has 3 rings (SSSR count). The molecule has 2 aromatic carbocycles. The summed E-state index contributed by atoms with van der Waals surface area (Å²) in [5.41, 5.74) is 2.81. The molecule has 0 saturated carbocycles. The number of rotatable bonds is 5. The van der Waals surface area contributed by atoms with Crippen LogP contribution in [0, 0.1) is 6.92 Å². The summed E-state index contributed by atoms with van der Waals surface area (Å²) in [5, 5.41) is 19.4. The molecule has 118 valence electrons. The van der Waals surface area contributed by atoms with Crippen molar-refractivity contribution in [3.63, 3.8) is 0 Å². The van der Waals surface area contributed by atoms with Crippen molar-refractivity contribution in [2.24, 2.45) is 0 Å². The van der Waals surface area contributed by atoms with Crippen LogP contribution in [0.1, 0.15) is 17.2 Å². The number of thioether (sulfide) groups is 1. The van der Waals surface area contributed by atoms with Gasteiger partial charge in [-0.1, -0.05) is 53.7 Å². The van der Waals surface area contributed by atoms with Crippen LogP contribution in [0.4, 0.5) is 0 Å². The van der Waals surface area contributed by atoms with Gasteiger partial charge in [-0.15, -0.1) is 10.2 Å². The second-order valence-corrected chi connectivity index (χ2v) is 6.47. The third-order valence-electron chi connectivity index (χ3n) is 3.40. The third-order valence-corrected chi connectivity index (χ3v) is 4.55. The van der Waals surface area contributed by atoms with Gasteiger partial charge in [0, 0.05) is 16.3 Å². The second-order valence-electron chi connectivity index (χ2n) is 5.07. The lowest BCUT2D eigenvalue weighted by Gasteiger charge is -2.08. The van der Waals surface area contributed by atoms with E-state index < -0.39 is 6.10 Å². The quantitative estimate of drug-likeness (QED) is 0.688. The van der Waals surface area contributed by atoms with E-state index in [1.54, 1.807) is 24.3 Å². The van der Waals surface area contributed by atoms with E-state index in [9.17, 15) is 5.11 Å². The summed E-state index contributed by atoms with van der Waals surface area (Å²) in [6.45, 7) is 2.00. The van der Waals surface area contributed by atoms with Crippen LogP contribution in [-0.4, -0.2) is 21.1 Å². The topological polar surface area (TPSA) is 59.2 Å². The van der Waals surface area contributed by atoms with Crippen molar-refractivity contribution in [3.05, 3.63) is 64.7 Å². The number of benzene rings is 2. The summed E-state index contributed by atoms with van der Waals surface area (Å²) < 4.78 is 5.66. The van der Waals surface area contributed by atoms with Crippen molar-refractivity contribution in [1.29, 1.82) is 0 Å². The SMILES string of the molecule is Cc1ccccc1-c1nnc(SCC(O)c2ccc(Cl)cc2)o1. The standard InChI is InChI=1S/C17H15ClN2O2S/c1-11-4-2-3-5-14(11)16-19-20-17(22-16)23-10-15(21)12-6-8-13(18)9-7-12/h2-9,15,21H,10H2,1H3. The van der Waals surface area contributed by atoms with E-state index in [0.29, 0.717) is 21.9 Å². The molecule has 0 aliphatic heterocycles. The predicted molar refractivity (Wildman–Crippen MR) is 91.6 cm³/mol. The van der Waals surface area contributed by atoms with Gasteiger partial charge in [-0.3, -0.25) is 0 Å². The summed E-state index contributed by atoms with van der Waals surface area (Å²) in [5.74, 6) is 0.920. The van der Waals surface area contributed by atoms with Crippen LogP contribution in [0.25, 0.3) is 11.5 Å². The normalized spacial score (nSPS) is 12.3. The minimum atomic E-state index is -0.619. The van der Waals surface area contributed by atoms with Gasteiger partial charge in [0.15, 0.2) is 0 Å². The number of hydrogen-bond donors (Lipinski definition) is 1. The number of aromatic nitrogens is 2. The van der Waals surface area contributed by atoms with E-state index in [1.807, 2.05) is 31.2 Å². The molecule has 23 heavy (non-hydrogen) atoms. The lowest BCUT2D eigenvalue weighted by atomic mass is 10.1. The maximum absolute atomic E-state index is 10.2. The molecule has 0 amide bonds. The number of aryl methyl sites for hydroxylation is 1. The van der Waals surface area contributed by atoms with Crippen LogP contribution < -0.4 is 0 Å². The number of hydrogen-bond acceptors (Lipinski definition) is 5. The molecule has 0 bridgehead atoms. The minimum Gasteiger partial charge on any atom is -0.411 e. The predicted octanol–water partition coefficient (Wildman–Crippen LogP) is 4.52. The second kappa shape index (κ2) is 7.17. The molecule has 0 spiro atoms. The monoisotopic (exact) mass is 346 g/mol. The van der Waals surface area contributed by atoms with Gasteiger partial charge in [0.25, 0.3) is 5.22 Å². The van der Waals surface area contributed by atoms with Crippen LogP contribution in [0.3, 0.4) is 0 Å². The lowest BCUT2D eigenvalue weighted by molar-refractivity contribution is 0.204. The zero-order chi connectivity index (χ0) is 16.2. The summed E-state index contributed by atoms with van der Waals surface area (Å²) in [7, 11) is 0. The van der Waals surface area contributed by atoms with Gasteiger partial charge < -0.3 is 9.52 Å². The van der Waals surface area contributed by atoms with E-state index in [4.69, 9.17) is 16.0 Å². The van der Waals surface area contributed by atoms with Gasteiger partial charge in [0.2, 0.25) is 5.89 Å². The highest BCUT2D eigenvalue weighted by Crippen LogP contribution is 2.28. The van der Waals surface area contributed by atoms with Gasteiger partial charge in [0.05, 0.1) is 6.10 Å². The highest BCUT2D eigenvalue weighted by Gasteiger charge is 2.14. The molecule has 6 heteroatoms. The summed E-state index contributed by atoms with van der Waals surface area (Å²) in [4.78, 5) is 0. The van der Waals surface area contributed by atoms with Crippen molar-refractivity contribution in [3.8, 4) is 11.5 Å². The lowest BCUT2D eigenvalue weighted by Crippen LogP contribution is -2.00. The fraction of sp³-hybridized carbons (Fsp3) is 0.176. The molecule has 0 fully saturated rings. The van der Waals surface area contributed by atoms with Gasteiger partial charge in [-0.2, -0.15) is 0 Å². The Bertz CT molecular complexity index is 789. The Morgan fingerprint density at radius 1 is 1.13 bits per heavy atom. The number of aliphatic hydroxyl groups is 1. The fourth-order valence-electron chi connectivity index (χ4n) is 2.12. The molecule has 1 unspecified atom stereocenters. The molecule has 0 aliphatic carbocycles. The maximum atomic E-state index is 10.2. The van der Waals surface area contributed by atoms with Crippen molar-refractivity contribution >= 4 is 23.4 Å². The zero-order valence-corrected chi connectivity index (χ0v) is 14.0. The first-order valence-electron chi connectivity index (χ1n) is 7.09. The summed E-state index contributed by atoms with van der Waals surface area (Å²) in [6, 6.07) is 15.0. The fourth-order valence-corrected chi connectivity index (χ4v) is 2.98. The average Bonchev–Trinajstić information content (AvgIpc) is 3.02. The Balaban J connectivity index is 1.65. The molecule has 1 atom stereocenters. The van der Waals surface area contributed by atoms with E-state index in [0.717, 1.165) is 16.7 Å². The van der Waals surface area contributed by atoms with Crippen LogP contribution in [0.15, 0.2) is 58.2 Å². The third kappa shape index (κ3) is 3.93. The highest BCUT2D eigenvalue weighted by atomic mass is 35.5. The maximum Gasteiger partial charge on any atom is 0.276 e. The smallest absolute Gasteiger partial charge is 0.276 e. The van der Waals surface area contributed by atoms with Gasteiger partial charge >= 0.3 is 0 Å². The van der Waals surface area contributed by atoms with Crippen molar-refractivity contribution in [1.82, 2.24) is 10.2 Å². The summed E-state index contributed by atoms with van der Waals surface area (Å²) >= 11 is 7.17. The van der Waals surface area contributed by atoms with Crippen molar-refractivity contribution in [2.75, 3.05) is 5.75 Å². The Morgan fingerprint density at radius 3 is 2.61 bits per heavy atom. The van der Waals surface area contributed by atoms with Crippen LogP contribution in [0.5, 0.6) is 0 Å². The molecular weight excluding hydrogens is 332 g/mol. The largest absolute Gasteiger partial charge is 0.411 e. The highest BCUT2D eigenvalue weighted by molar-refractivity contribution is 7.99. The number of halogens is 1. The Morgan fingerprint density at radius 2 is 1.87 bits per heavy atom.